The van der Waals surface area contributed by atoms with Crippen LogP contribution in [0.5, 0.6) is 0 Å². The predicted molar refractivity (Wildman–Crippen MR) is 71.9 cm³/mol. The van der Waals surface area contributed by atoms with Gasteiger partial charge in [-0.1, -0.05) is 13.8 Å². The number of aliphatic hydroxyl groups is 1. The van der Waals surface area contributed by atoms with Crippen LogP contribution in [-0.2, 0) is 6.54 Å². The Morgan fingerprint density at radius 2 is 2.32 bits per heavy atom. The second-order valence-electron chi connectivity index (χ2n) is 4.54. The Bertz CT molecular complexity index is 603. The number of aromatic amines is 1. The highest BCUT2D eigenvalue weighted by molar-refractivity contribution is 5.51. The van der Waals surface area contributed by atoms with Crippen molar-refractivity contribution in [3.63, 3.8) is 0 Å². The number of nitrogens with zero attached hydrogens (tertiary/aromatic N) is 3. The summed E-state index contributed by atoms with van der Waals surface area (Å²) < 4.78 is 1.62. The smallest absolute Gasteiger partial charge is 0.251 e. The van der Waals surface area contributed by atoms with Gasteiger partial charge in [0.25, 0.3) is 5.56 Å². The molecule has 2 heterocycles. The number of aromatic nitrogens is 4. The second kappa shape index (κ2) is 5.79. The lowest BCUT2D eigenvalue weighted by Gasteiger charge is -2.08. The summed E-state index contributed by atoms with van der Waals surface area (Å²) in [6.07, 6.45) is 4.32. The normalized spacial score (nSPS) is 12.6. The van der Waals surface area contributed by atoms with Crippen LogP contribution in [0.1, 0.15) is 31.9 Å². The molecule has 2 N–H and O–H groups in total. The molecule has 0 aliphatic rings. The summed E-state index contributed by atoms with van der Waals surface area (Å²) in [4.78, 5) is 18.9. The van der Waals surface area contributed by atoms with Crippen LogP contribution < -0.4 is 5.56 Å². The molecular formula is C13H18N4O2. The molecule has 0 fully saturated rings. The van der Waals surface area contributed by atoms with Crippen LogP contribution >= 0.6 is 0 Å². The molecule has 0 aromatic carbocycles. The van der Waals surface area contributed by atoms with Gasteiger partial charge in [0.15, 0.2) is 0 Å². The summed E-state index contributed by atoms with van der Waals surface area (Å²) in [5.74, 6) is 0.764. The largest absolute Gasteiger partial charge is 0.394 e. The molecule has 2 aromatic heterocycles. The second-order valence-corrected chi connectivity index (χ2v) is 4.54. The Morgan fingerprint density at radius 1 is 1.53 bits per heavy atom. The van der Waals surface area contributed by atoms with Crippen molar-refractivity contribution in [2.45, 2.75) is 32.7 Å². The number of hydrogen-bond acceptors (Lipinski definition) is 4. The van der Waals surface area contributed by atoms with E-state index in [2.05, 4.69) is 22.0 Å². The number of aliphatic hydroxyl groups excluding tert-OH is 1. The van der Waals surface area contributed by atoms with Crippen molar-refractivity contribution in [3.05, 3.63) is 34.5 Å². The number of hydrogen-bond donors (Lipinski definition) is 2. The third kappa shape index (κ3) is 3.08. The Hall–Kier alpha value is -1.95. The molecule has 0 aliphatic carbocycles. The highest BCUT2D eigenvalue weighted by Crippen LogP contribution is 2.18. The maximum absolute atomic E-state index is 11.7. The predicted octanol–water partition coefficient (Wildman–Crippen LogP) is 1.14. The third-order valence-corrected chi connectivity index (χ3v) is 3.11. The first-order valence-corrected chi connectivity index (χ1v) is 6.39. The lowest BCUT2D eigenvalue weighted by atomic mass is 10.1. The van der Waals surface area contributed by atoms with Gasteiger partial charge < -0.3 is 10.1 Å². The van der Waals surface area contributed by atoms with E-state index in [0.29, 0.717) is 12.4 Å². The number of rotatable bonds is 5. The van der Waals surface area contributed by atoms with E-state index in [4.69, 9.17) is 5.11 Å². The molecule has 1 unspecified atom stereocenters. The van der Waals surface area contributed by atoms with E-state index in [0.717, 1.165) is 17.7 Å². The van der Waals surface area contributed by atoms with Crippen molar-refractivity contribution < 1.29 is 5.11 Å². The molecule has 6 nitrogen and oxygen atoms in total. The third-order valence-electron chi connectivity index (χ3n) is 3.11. The fraction of sp³-hybridized carbons (Fsp3) is 0.462. The highest BCUT2D eigenvalue weighted by atomic mass is 16.3. The van der Waals surface area contributed by atoms with Crippen LogP contribution in [0.3, 0.4) is 0 Å². The van der Waals surface area contributed by atoms with Gasteiger partial charge in [0.1, 0.15) is 5.82 Å². The first-order chi connectivity index (χ1) is 9.13. The molecule has 2 rings (SSSR count). The van der Waals surface area contributed by atoms with E-state index in [1.165, 1.54) is 6.07 Å². The van der Waals surface area contributed by atoms with E-state index >= 15 is 0 Å². The van der Waals surface area contributed by atoms with Crippen molar-refractivity contribution in [2.24, 2.45) is 0 Å². The minimum atomic E-state index is -0.157. The van der Waals surface area contributed by atoms with E-state index in [9.17, 15) is 4.79 Å². The summed E-state index contributed by atoms with van der Waals surface area (Å²) in [7, 11) is 0. The van der Waals surface area contributed by atoms with Gasteiger partial charge in [-0.2, -0.15) is 5.10 Å². The Balaban J connectivity index is 2.38. The number of nitrogens with one attached hydrogen (secondary N) is 1. The average molecular weight is 262 g/mol. The maximum atomic E-state index is 11.7. The molecule has 0 bridgehead atoms. The van der Waals surface area contributed by atoms with E-state index in [1.54, 1.807) is 17.1 Å². The van der Waals surface area contributed by atoms with Gasteiger partial charge >= 0.3 is 0 Å². The van der Waals surface area contributed by atoms with Crippen molar-refractivity contribution in [1.29, 1.82) is 0 Å². The SMILES string of the molecule is CCC(C)c1cc(=O)[nH]c(-c2cnn(CCO)c2)n1. The monoisotopic (exact) mass is 262 g/mol. The molecular weight excluding hydrogens is 244 g/mol. The van der Waals surface area contributed by atoms with Crippen molar-refractivity contribution in [3.8, 4) is 11.4 Å². The van der Waals surface area contributed by atoms with Crippen molar-refractivity contribution in [2.75, 3.05) is 6.61 Å². The summed E-state index contributed by atoms with van der Waals surface area (Å²) in [5.41, 5.74) is 1.38. The molecule has 0 aliphatic heterocycles. The van der Waals surface area contributed by atoms with Gasteiger partial charge in [0, 0.05) is 12.3 Å². The lowest BCUT2D eigenvalue weighted by Crippen LogP contribution is -2.11. The topological polar surface area (TPSA) is 83.8 Å². The molecule has 0 spiro atoms. The fourth-order valence-corrected chi connectivity index (χ4v) is 1.79. The van der Waals surface area contributed by atoms with Crippen LogP contribution in [0.15, 0.2) is 23.3 Å². The van der Waals surface area contributed by atoms with Gasteiger partial charge in [-0.25, -0.2) is 4.98 Å². The standard InChI is InChI=1S/C13H18N4O2/c1-3-9(2)11-6-12(19)16-13(15-11)10-7-14-17(8-10)4-5-18/h6-9,18H,3-5H2,1-2H3,(H,15,16,19). The van der Waals surface area contributed by atoms with Gasteiger partial charge in [0.2, 0.25) is 0 Å². The van der Waals surface area contributed by atoms with Gasteiger partial charge in [0.05, 0.1) is 30.6 Å². The number of H-pyrrole nitrogens is 1. The average Bonchev–Trinajstić information content (AvgIpc) is 2.86. The molecule has 102 valence electrons. The zero-order valence-electron chi connectivity index (χ0n) is 11.1. The van der Waals surface area contributed by atoms with Crippen LogP contribution in [0, 0.1) is 0 Å². The summed E-state index contributed by atoms with van der Waals surface area (Å²) in [5, 5.41) is 13.0. The Labute approximate surface area is 111 Å². The summed E-state index contributed by atoms with van der Waals surface area (Å²) >= 11 is 0. The van der Waals surface area contributed by atoms with E-state index in [-0.39, 0.29) is 18.1 Å². The molecule has 6 heteroatoms. The lowest BCUT2D eigenvalue weighted by molar-refractivity contribution is 0.269. The van der Waals surface area contributed by atoms with Crippen LogP contribution in [0.25, 0.3) is 11.4 Å². The summed E-state index contributed by atoms with van der Waals surface area (Å²) in [6, 6.07) is 1.54. The molecule has 1 atom stereocenters. The maximum Gasteiger partial charge on any atom is 0.251 e. The quantitative estimate of drug-likeness (QED) is 0.846. The molecule has 0 saturated heterocycles. The minimum Gasteiger partial charge on any atom is -0.394 e. The molecule has 0 amide bonds. The first kappa shape index (κ1) is 13.5. The Kier molecular flexibility index (Phi) is 4.11. The Morgan fingerprint density at radius 3 is 3.00 bits per heavy atom. The highest BCUT2D eigenvalue weighted by Gasteiger charge is 2.10. The zero-order valence-corrected chi connectivity index (χ0v) is 11.1. The van der Waals surface area contributed by atoms with Gasteiger partial charge in [-0.15, -0.1) is 0 Å². The van der Waals surface area contributed by atoms with Gasteiger partial charge in [-0.3, -0.25) is 9.48 Å². The van der Waals surface area contributed by atoms with Crippen molar-refractivity contribution in [1.82, 2.24) is 19.7 Å². The molecule has 2 aromatic rings. The van der Waals surface area contributed by atoms with E-state index < -0.39 is 0 Å². The fourth-order valence-electron chi connectivity index (χ4n) is 1.79. The minimum absolute atomic E-state index is 0.0258. The van der Waals surface area contributed by atoms with Crippen LogP contribution in [0.4, 0.5) is 0 Å². The van der Waals surface area contributed by atoms with Crippen LogP contribution in [-0.4, -0.2) is 31.5 Å². The van der Waals surface area contributed by atoms with Crippen LogP contribution in [0.2, 0.25) is 0 Å². The molecule has 19 heavy (non-hydrogen) atoms. The zero-order chi connectivity index (χ0) is 13.8. The van der Waals surface area contributed by atoms with Crippen molar-refractivity contribution >= 4 is 0 Å². The molecule has 0 radical (unpaired) electrons. The first-order valence-electron chi connectivity index (χ1n) is 6.39. The summed E-state index contributed by atoms with van der Waals surface area (Å²) in [6.45, 7) is 4.56. The van der Waals surface area contributed by atoms with Gasteiger partial charge in [-0.05, 0) is 12.3 Å². The molecule has 0 saturated carbocycles. The van der Waals surface area contributed by atoms with E-state index in [1.807, 2.05) is 6.92 Å².